The van der Waals surface area contributed by atoms with Crippen LogP contribution in [-0.2, 0) is 12.8 Å². The van der Waals surface area contributed by atoms with Gasteiger partial charge in [0.25, 0.3) is 5.91 Å². The topological polar surface area (TPSA) is 59.2 Å². The highest BCUT2D eigenvalue weighted by molar-refractivity contribution is 7.14. The van der Waals surface area contributed by atoms with Gasteiger partial charge in [-0.15, -0.1) is 11.3 Å². The van der Waals surface area contributed by atoms with Crippen LogP contribution in [0.1, 0.15) is 63.6 Å². The standard InChI is InChI=1S/C16H19N3O2S/c1-10-17-15(18-21-10)12-6-4-8-19(12)16(20)14-9-11-5-2-3-7-13(11)22-14/h9,12H,2-8H2,1H3/t12-/m0/s1. The van der Waals surface area contributed by atoms with E-state index in [-0.39, 0.29) is 11.9 Å². The molecule has 6 heteroatoms. The maximum Gasteiger partial charge on any atom is 0.264 e. The summed E-state index contributed by atoms with van der Waals surface area (Å²) in [7, 11) is 0. The van der Waals surface area contributed by atoms with E-state index in [0.29, 0.717) is 11.7 Å². The van der Waals surface area contributed by atoms with Gasteiger partial charge in [0, 0.05) is 18.3 Å². The van der Waals surface area contributed by atoms with Crippen molar-refractivity contribution >= 4 is 17.2 Å². The Morgan fingerprint density at radius 3 is 3.00 bits per heavy atom. The third-order valence-corrected chi connectivity index (χ3v) is 5.79. The van der Waals surface area contributed by atoms with Crippen LogP contribution in [0.5, 0.6) is 0 Å². The SMILES string of the molecule is Cc1nc([C@@H]2CCCN2C(=O)c2cc3c(s2)CCCC3)no1. The quantitative estimate of drug-likeness (QED) is 0.853. The first-order chi connectivity index (χ1) is 10.7. The first-order valence-electron chi connectivity index (χ1n) is 7.95. The molecule has 0 saturated carbocycles. The van der Waals surface area contributed by atoms with Gasteiger partial charge in [-0.05, 0) is 50.2 Å². The van der Waals surface area contributed by atoms with E-state index in [4.69, 9.17) is 4.52 Å². The summed E-state index contributed by atoms with van der Waals surface area (Å²) in [5.41, 5.74) is 1.38. The molecule has 22 heavy (non-hydrogen) atoms. The van der Waals surface area contributed by atoms with Crippen molar-refractivity contribution < 1.29 is 9.32 Å². The zero-order chi connectivity index (χ0) is 15.1. The molecular formula is C16H19N3O2S. The van der Waals surface area contributed by atoms with Crippen molar-refractivity contribution in [3.8, 4) is 0 Å². The smallest absolute Gasteiger partial charge is 0.264 e. The molecule has 1 aliphatic heterocycles. The molecule has 0 N–H and O–H groups in total. The molecule has 3 heterocycles. The molecule has 0 aromatic carbocycles. The molecule has 1 amide bonds. The number of hydrogen-bond donors (Lipinski definition) is 0. The van der Waals surface area contributed by atoms with Gasteiger partial charge in [-0.2, -0.15) is 4.98 Å². The number of carbonyl (C=O) groups excluding carboxylic acids is 1. The molecule has 4 rings (SSSR count). The van der Waals surface area contributed by atoms with Gasteiger partial charge in [0.15, 0.2) is 5.82 Å². The second kappa shape index (κ2) is 5.50. The Balaban J connectivity index is 1.60. The average molecular weight is 317 g/mol. The van der Waals surface area contributed by atoms with Crippen molar-refractivity contribution in [1.82, 2.24) is 15.0 Å². The number of likely N-dealkylation sites (tertiary alicyclic amines) is 1. The zero-order valence-corrected chi connectivity index (χ0v) is 13.5. The monoisotopic (exact) mass is 317 g/mol. The first kappa shape index (κ1) is 13.9. The summed E-state index contributed by atoms with van der Waals surface area (Å²) >= 11 is 1.68. The molecule has 1 saturated heterocycles. The molecule has 0 spiro atoms. The van der Waals surface area contributed by atoms with Crippen molar-refractivity contribution in [3.63, 3.8) is 0 Å². The highest BCUT2D eigenvalue weighted by atomic mass is 32.1. The van der Waals surface area contributed by atoms with Gasteiger partial charge in [0.1, 0.15) is 0 Å². The number of hydrogen-bond acceptors (Lipinski definition) is 5. The van der Waals surface area contributed by atoms with E-state index in [1.54, 1.807) is 18.3 Å². The number of aryl methyl sites for hydroxylation is 3. The van der Waals surface area contributed by atoms with Gasteiger partial charge in [-0.3, -0.25) is 4.79 Å². The van der Waals surface area contributed by atoms with Gasteiger partial charge in [0.2, 0.25) is 5.89 Å². The molecule has 0 bridgehead atoms. The molecule has 1 fully saturated rings. The maximum absolute atomic E-state index is 12.9. The van der Waals surface area contributed by atoms with E-state index in [0.717, 1.165) is 37.1 Å². The van der Waals surface area contributed by atoms with Crippen LogP contribution in [0.15, 0.2) is 10.6 Å². The maximum atomic E-state index is 12.9. The summed E-state index contributed by atoms with van der Waals surface area (Å²) < 4.78 is 5.08. The molecule has 1 atom stereocenters. The first-order valence-corrected chi connectivity index (χ1v) is 8.77. The molecule has 116 valence electrons. The Morgan fingerprint density at radius 2 is 2.23 bits per heavy atom. The third kappa shape index (κ3) is 2.35. The largest absolute Gasteiger partial charge is 0.340 e. The van der Waals surface area contributed by atoms with Crippen LogP contribution >= 0.6 is 11.3 Å². The number of aromatic nitrogens is 2. The molecule has 0 unspecified atom stereocenters. The summed E-state index contributed by atoms with van der Waals surface area (Å²) in [5.74, 6) is 1.33. The Morgan fingerprint density at radius 1 is 1.36 bits per heavy atom. The predicted molar refractivity (Wildman–Crippen MR) is 83.0 cm³/mol. The van der Waals surface area contributed by atoms with Crippen LogP contribution < -0.4 is 0 Å². The molecule has 2 aromatic rings. The van der Waals surface area contributed by atoms with E-state index in [9.17, 15) is 4.79 Å². The lowest BCUT2D eigenvalue weighted by Crippen LogP contribution is -2.30. The summed E-state index contributed by atoms with van der Waals surface area (Å²) in [5, 5.41) is 4.01. The van der Waals surface area contributed by atoms with Gasteiger partial charge in [0.05, 0.1) is 10.9 Å². The second-order valence-electron chi connectivity index (χ2n) is 6.09. The molecule has 0 radical (unpaired) electrons. The lowest BCUT2D eigenvalue weighted by atomic mass is 9.99. The van der Waals surface area contributed by atoms with Crippen molar-refractivity contribution in [3.05, 3.63) is 33.1 Å². The summed E-state index contributed by atoms with van der Waals surface area (Å²) in [6, 6.07) is 2.07. The Labute approximate surface area is 133 Å². The molecular weight excluding hydrogens is 298 g/mol. The molecule has 1 aliphatic carbocycles. The van der Waals surface area contributed by atoms with Gasteiger partial charge in [-0.25, -0.2) is 0 Å². The van der Waals surface area contributed by atoms with E-state index in [2.05, 4.69) is 16.2 Å². The fraction of sp³-hybridized carbons (Fsp3) is 0.562. The van der Waals surface area contributed by atoms with Crippen molar-refractivity contribution in [1.29, 1.82) is 0 Å². The minimum Gasteiger partial charge on any atom is -0.340 e. The molecule has 2 aliphatic rings. The Kier molecular flexibility index (Phi) is 3.48. The average Bonchev–Trinajstić information content (AvgIpc) is 3.24. The van der Waals surface area contributed by atoms with Crippen molar-refractivity contribution in [2.24, 2.45) is 0 Å². The normalized spacial score (nSPS) is 21.1. The summed E-state index contributed by atoms with van der Waals surface area (Å²) in [6.45, 7) is 2.56. The van der Waals surface area contributed by atoms with E-state index in [1.165, 1.54) is 23.3 Å². The number of nitrogens with zero attached hydrogens (tertiary/aromatic N) is 3. The van der Waals surface area contributed by atoms with Crippen molar-refractivity contribution in [2.45, 2.75) is 51.5 Å². The van der Waals surface area contributed by atoms with E-state index in [1.807, 2.05) is 4.90 Å². The van der Waals surface area contributed by atoms with Crippen LogP contribution in [0, 0.1) is 6.92 Å². The minimum atomic E-state index is -0.0379. The molecule has 5 nitrogen and oxygen atoms in total. The van der Waals surface area contributed by atoms with Crippen LogP contribution in [0.25, 0.3) is 0 Å². The van der Waals surface area contributed by atoms with Gasteiger partial charge < -0.3 is 9.42 Å². The lowest BCUT2D eigenvalue weighted by molar-refractivity contribution is 0.0733. The Bertz CT molecular complexity index is 683. The summed E-state index contributed by atoms with van der Waals surface area (Å²) in [6.07, 6.45) is 6.64. The highest BCUT2D eigenvalue weighted by Crippen LogP contribution is 2.35. The summed E-state index contributed by atoms with van der Waals surface area (Å²) in [4.78, 5) is 21.4. The van der Waals surface area contributed by atoms with Gasteiger partial charge >= 0.3 is 0 Å². The minimum absolute atomic E-state index is 0.0379. The fourth-order valence-corrected chi connectivity index (χ4v) is 4.68. The van der Waals surface area contributed by atoms with Crippen LogP contribution in [0.4, 0.5) is 0 Å². The molecule has 2 aromatic heterocycles. The second-order valence-corrected chi connectivity index (χ2v) is 7.23. The van der Waals surface area contributed by atoms with E-state index < -0.39 is 0 Å². The highest BCUT2D eigenvalue weighted by Gasteiger charge is 2.34. The number of rotatable bonds is 2. The van der Waals surface area contributed by atoms with E-state index >= 15 is 0 Å². The predicted octanol–water partition coefficient (Wildman–Crippen LogP) is 3.30. The fourth-order valence-electron chi connectivity index (χ4n) is 3.47. The lowest BCUT2D eigenvalue weighted by Gasteiger charge is -2.21. The van der Waals surface area contributed by atoms with Crippen LogP contribution in [0.2, 0.25) is 0 Å². The number of amides is 1. The number of thiophene rings is 1. The Hall–Kier alpha value is -1.69. The van der Waals surface area contributed by atoms with Crippen molar-refractivity contribution in [2.75, 3.05) is 6.54 Å². The van der Waals surface area contributed by atoms with Crippen LogP contribution in [0.3, 0.4) is 0 Å². The number of carbonyl (C=O) groups is 1. The number of fused-ring (bicyclic) bond motifs is 1. The zero-order valence-electron chi connectivity index (χ0n) is 12.7. The van der Waals surface area contributed by atoms with Crippen LogP contribution in [-0.4, -0.2) is 27.5 Å². The van der Waals surface area contributed by atoms with Gasteiger partial charge in [-0.1, -0.05) is 5.16 Å². The third-order valence-electron chi connectivity index (χ3n) is 4.56.